The maximum atomic E-state index is 13.7. The molecule has 17 heavy (non-hydrogen) atoms. The zero-order chi connectivity index (χ0) is 12.4. The van der Waals surface area contributed by atoms with Gasteiger partial charge >= 0.3 is 0 Å². The van der Waals surface area contributed by atoms with Gasteiger partial charge in [0.1, 0.15) is 16.8 Å². The molecule has 1 aromatic heterocycles. The van der Waals surface area contributed by atoms with Crippen LogP contribution in [0.4, 0.5) is 4.39 Å². The molecule has 0 N–H and O–H groups in total. The van der Waals surface area contributed by atoms with Gasteiger partial charge in [-0.05, 0) is 19.1 Å². The predicted molar refractivity (Wildman–Crippen MR) is 66.6 cm³/mol. The lowest BCUT2D eigenvalue weighted by Gasteiger charge is -2.09. The smallest absolute Gasteiger partial charge is 0.136 e. The Morgan fingerprint density at radius 2 is 1.94 bits per heavy atom. The number of rotatable bonds is 2. The number of benzene rings is 1. The number of aryl methyl sites for hydroxylation is 1. The van der Waals surface area contributed by atoms with Crippen LogP contribution in [0.5, 0.6) is 0 Å². The maximum Gasteiger partial charge on any atom is 0.136 e. The summed E-state index contributed by atoms with van der Waals surface area (Å²) < 4.78 is 13.7. The highest BCUT2D eigenvalue weighted by atomic mass is 35.5. The fraction of sp³-hybridized carbons (Fsp3) is 0.231. The zero-order valence-electron chi connectivity index (χ0n) is 9.67. The predicted octanol–water partition coefficient (Wildman–Crippen LogP) is 3.81. The van der Waals surface area contributed by atoms with Gasteiger partial charge in [0.25, 0.3) is 0 Å². The lowest BCUT2D eigenvalue weighted by Crippen LogP contribution is -2.00. The topological polar surface area (TPSA) is 25.8 Å². The van der Waals surface area contributed by atoms with Crippen molar-refractivity contribution in [3.05, 3.63) is 46.6 Å². The summed E-state index contributed by atoms with van der Waals surface area (Å²) in [5, 5.41) is 0.384. The van der Waals surface area contributed by atoms with E-state index in [0.29, 0.717) is 34.2 Å². The Hall–Kier alpha value is -1.48. The van der Waals surface area contributed by atoms with Crippen molar-refractivity contribution in [1.29, 1.82) is 0 Å². The molecule has 2 aromatic rings. The number of aromatic nitrogens is 2. The maximum absolute atomic E-state index is 13.7. The lowest BCUT2D eigenvalue weighted by molar-refractivity contribution is 0.630. The largest absolute Gasteiger partial charge is 0.232 e. The Morgan fingerprint density at radius 3 is 2.59 bits per heavy atom. The van der Waals surface area contributed by atoms with E-state index < -0.39 is 0 Å². The van der Waals surface area contributed by atoms with Gasteiger partial charge in [-0.25, -0.2) is 14.4 Å². The first-order valence-electron chi connectivity index (χ1n) is 5.41. The Morgan fingerprint density at radius 1 is 1.24 bits per heavy atom. The third kappa shape index (κ3) is 2.29. The van der Waals surface area contributed by atoms with Gasteiger partial charge in [0, 0.05) is 17.5 Å². The summed E-state index contributed by atoms with van der Waals surface area (Å²) in [5.74, 6) is 0.325. The molecule has 1 heterocycles. The monoisotopic (exact) mass is 250 g/mol. The zero-order valence-corrected chi connectivity index (χ0v) is 10.4. The normalized spacial score (nSPS) is 10.6. The summed E-state index contributed by atoms with van der Waals surface area (Å²) in [6.45, 7) is 3.73. The van der Waals surface area contributed by atoms with Gasteiger partial charge in [0.15, 0.2) is 0 Å². The van der Waals surface area contributed by atoms with E-state index in [0.717, 1.165) is 0 Å². The van der Waals surface area contributed by atoms with Gasteiger partial charge in [-0.2, -0.15) is 0 Å². The van der Waals surface area contributed by atoms with E-state index in [9.17, 15) is 4.39 Å². The van der Waals surface area contributed by atoms with E-state index in [1.54, 1.807) is 25.1 Å². The fourth-order valence-electron chi connectivity index (χ4n) is 1.61. The van der Waals surface area contributed by atoms with Gasteiger partial charge in [0.05, 0.1) is 5.69 Å². The Kier molecular flexibility index (Phi) is 3.38. The molecule has 0 fully saturated rings. The SMILES string of the molecule is CCc1nc(Cl)c(C)c(-c2ccccc2F)n1. The number of halogens is 2. The molecule has 0 saturated heterocycles. The molecule has 0 spiro atoms. The summed E-state index contributed by atoms with van der Waals surface area (Å²) in [4.78, 5) is 8.49. The number of nitrogens with zero attached hydrogens (tertiary/aromatic N) is 2. The van der Waals surface area contributed by atoms with Crippen LogP contribution in [0.3, 0.4) is 0 Å². The molecule has 0 aliphatic carbocycles. The van der Waals surface area contributed by atoms with Crippen LogP contribution in [0.25, 0.3) is 11.3 Å². The van der Waals surface area contributed by atoms with E-state index in [-0.39, 0.29) is 5.82 Å². The van der Waals surface area contributed by atoms with Crippen molar-refractivity contribution in [3.8, 4) is 11.3 Å². The minimum absolute atomic E-state index is 0.299. The highest BCUT2D eigenvalue weighted by Gasteiger charge is 2.13. The highest BCUT2D eigenvalue weighted by molar-refractivity contribution is 6.30. The molecule has 0 radical (unpaired) electrons. The Balaban J connectivity index is 2.67. The first kappa shape index (κ1) is 12.0. The second-order valence-electron chi connectivity index (χ2n) is 3.74. The average Bonchev–Trinajstić information content (AvgIpc) is 2.33. The molecule has 2 nitrogen and oxygen atoms in total. The number of hydrogen-bond donors (Lipinski definition) is 0. The molecule has 88 valence electrons. The summed E-state index contributed by atoms with van der Waals surface area (Å²) in [6.07, 6.45) is 0.668. The summed E-state index contributed by atoms with van der Waals surface area (Å²) in [7, 11) is 0. The van der Waals surface area contributed by atoms with Crippen LogP contribution >= 0.6 is 11.6 Å². The van der Waals surface area contributed by atoms with E-state index >= 15 is 0 Å². The quantitative estimate of drug-likeness (QED) is 0.758. The number of hydrogen-bond acceptors (Lipinski definition) is 2. The van der Waals surface area contributed by atoms with Crippen molar-refractivity contribution < 1.29 is 4.39 Å². The van der Waals surface area contributed by atoms with E-state index in [1.807, 2.05) is 6.92 Å². The molecule has 0 atom stereocenters. The third-order valence-electron chi connectivity index (χ3n) is 2.58. The average molecular weight is 251 g/mol. The molecular weight excluding hydrogens is 239 g/mol. The van der Waals surface area contributed by atoms with E-state index in [1.165, 1.54) is 6.07 Å². The van der Waals surface area contributed by atoms with Gasteiger partial charge in [-0.1, -0.05) is 30.7 Å². The third-order valence-corrected chi connectivity index (χ3v) is 2.95. The molecular formula is C13H12ClFN2. The highest BCUT2D eigenvalue weighted by Crippen LogP contribution is 2.27. The van der Waals surface area contributed by atoms with Crippen LogP contribution in [0.1, 0.15) is 18.3 Å². The van der Waals surface area contributed by atoms with E-state index in [4.69, 9.17) is 11.6 Å². The fourth-order valence-corrected chi connectivity index (χ4v) is 1.79. The molecule has 4 heteroatoms. The molecule has 0 aliphatic heterocycles. The van der Waals surface area contributed by atoms with Crippen molar-refractivity contribution >= 4 is 11.6 Å². The van der Waals surface area contributed by atoms with Crippen molar-refractivity contribution in [2.24, 2.45) is 0 Å². The summed E-state index contributed by atoms with van der Waals surface area (Å²) in [5.41, 5.74) is 1.73. The molecule has 0 saturated carbocycles. The summed E-state index contributed by atoms with van der Waals surface area (Å²) >= 11 is 6.03. The van der Waals surface area contributed by atoms with Crippen LogP contribution in [0, 0.1) is 12.7 Å². The first-order chi connectivity index (χ1) is 8.13. The van der Waals surface area contributed by atoms with Crippen LogP contribution in [-0.2, 0) is 6.42 Å². The summed E-state index contributed by atoms with van der Waals surface area (Å²) in [6, 6.07) is 6.54. The lowest BCUT2D eigenvalue weighted by atomic mass is 10.1. The second-order valence-corrected chi connectivity index (χ2v) is 4.10. The van der Waals surface area contributed by atoms with E-state index in [2.05, 4.69) is 9.97 Å². The second kappa shape index (κ2) is 4.80. The molecule has 2 rings (SSSR count). The van der Waals surface area contributed by atoms with Crippen LogP contribution in [-0.4, -0.2) is 9.97 Å². The van der Waals surface area contributed by atoms with Crippen LogP contribution < -0.4 is 0 Å². The first-order valence-corrected chi connectivity index (χ1v) is 5.79. The Bertz CT molecular complexity index is 555. The van der Waals surface area contributed by atoms with Crippen LogP contribution in [0.15, 0.2) is 24.3 Å². The van der Waals surface area contributed by atoms with Crippen LogP contribution in [0.2, 0.25) is 5.15 Å². The van der Waals surface area contributed by atoms with Crippen molar-refractivity contribution in [2.45, 2.75) is 20.3 Å². The Labute approximate surface area is 104 Å². The standard InChI is InChI=1S/C13H12ClFN2/c1-3-11-16-12(8(2)13(14)17-11)9-6-4-5-7-10(9)15/h4-7H,3H2,1-2H3. The van der Waals surface area contributed by atoms with Gasteiger partial charge in [-0.15, -0.1) is 0 Å². The molecule has 0 aliphatic rings. The minimum atomic E-state index is -0.299. The van der Waals surface area contributed by atoms with Crippen molar-refractivity contribution in [1.82, 2.24) is 9.97 Å². The van der Waals surface area contributed by atoms with Gasteiger partial charge in [0.2, 0.25) is 0 Å². The van der Waals surface area contributed by atoms with Gasteiger partial charge < -0.3 is 0 Å². The minimum Gasteiger partial charge on any atom is -0.232 e. The molecule has 0 amide bonds. The van der Waals surface area contributed by atoms with Crippen molar-refractivity contribution in [3.63, 3.8) is 0 Å². The molecule has 0 unspecified atom stereocenters. The van der Waals surface area contributed by atoms with Gasteiger partial charge in [-0.3, -0.25) is 0 Å². The van der Waals surface area contributed by atoms with Crippen molar-refractivity contribution in [2.75, 3.05) is 0 Å². The molecule has 1 aromatic carbocycles. The molecule has 0 bridgehead atoms.